The SMILES string of the molecule is CC(N)C1CCN(C(=O)CC2CCCCCC2)CC1. The molecule has 1 unspecified atom stereocenters. The number of piperidine rings is 1. The van der Waals surface area contributed by atoms with Gasteiger partial charge in [-0.25, -0.2) is 0 Å². The third-order valence-electron chi connectivity index (χ3n) is 5.07. The molecule has 0 aromatic carbocycles. The number of carbonyl (C=O) groups excluding carboxylic acids is 1. The first-order valence-electron chi connectivity index (χ1n) is 8.20. The third-order valence-corrected chi connectivity index (χ3v) is 5.07. The Morgan fingerprint density at radius 2 is 1.68 bits per heavy atom. The Morgan fingerprint density at radius 3 is 2.21 bits per heavy atom. The lowest BCUT2D eigenvalue weighted by Gasteiger charge is -2.34. The molecule has 1 heterocycles. The molecule has 2 rings (SSSR count). The Balaban J connectivity index is 1.74. The summed E-state index contributed by atoms with van der Waals surface area (Å²) < 4.78 is 0. The Hall–Kier alpha value is -0.570. The molecule has 1 atom stereocenters. The standard InChI is InChI=1S/C16H30N2O/c1-13(17)15-8-10-18(11-9-15)16(19)12-14-6-4-2-3-5-7-14/h13-15H,2-12,17H2,1H3. The van der Waals surface area contributed by atoms with Gasteiger partial charge in [0.25, 0.3) is 0 Å². The second-order valence-corrected chi connectivity index (χ2v) is 6.64. The monoisotopic (exact) mass is 266 g/mol. The highest BCUT2D eigenvalue weighted by molar-refractivity contribution is 5.76. The van der Waals surface area contributed by atoms with Crippen molar-refractivity contribution in [2.24, 2.45) is 17.6 Å². The molecule has 2 aliphatic rings. The fraction of sp³-hybridized carbons (Fsp3) is 0.938. The molecule has 2 fully saturated rings. The summed E-state index contributed by atoms with van der Waals surface area (Å²) in [5.74, 6) is 1.66. The van der Waals surface area contributed by atoms with Crippen molar-refractivity contribution >= 4 is 5.91 Å². The first-order chi connectivity index (χ1) is 9.16. The number of carbonyl (C=O) groups is 1. The molecule has 0 aromatic rings. The van der Waals surface area contributed by atoms with Crippen LogP contribution in [0.3, 0.4) is 0 Å². The highest BCUT2D eigenvalue weighted by atomic mass is 16.2. The number of hydrogen-bond donors (Lipinski definition) is 1. The Labute approximate surface area is 117 Å². The zero-order valence-corrected chi connectivity index (χ0v) is 12.4. The molecule has 1 amide bonds. The summed E-state index contributed by atoms with van der Waals surface area (Å²) in [7, 11) is 0. The van der Waals surface area contributed by atoms with E-state index in [2.05, 4.69) is 11.8 Å². The van der Waals surface area contributed by atoms with E-state index in [9.17, 15) is 4.79 Å². The topological polar surface area (TPSA) is 46.3 Å². The van der Waals surface area contributed by atoms with E-state index >= 15 is 0 Å². The molecule has 1 aliphatic heterocycles. The van der Waals surface area contributed by atoms with Gasteiger partial charge < -0.3 is 10.6 Å². The van der Waals surface area contributed by atoms with Gasteiger partial charge in [-0.15, -0.1) is 0 Å². The first kappa shape index (κ1) is 14.8. The van der Waals surface area contributed by atoms with E-state index in [1.807, 2.05) is 0 Å². The Morgan fingerprint density at radius 1 is 1.11 bits per heavy atom. The van der Waals surface area contributed by atoms with E-state index in [-0.39, 0.29) is 6.04 Å². The molecule has 0 aromatic heterocycles. The molecule has 110 valence electrons. The summed E-state index contributed by atoms with van der Waals surface area (Å²) in [5.41, 5.74) is 5.95. The van der Waals surface area contributed by atoms with Gasteiger partial charge in [-0.3, -0.25) is 4.79 Å². The maximum Gasteiger partial charge on any atom is 0.222 e. The zero-order valence-electron chi connectivity index (χ0n) is 12.4. The number of hydrogen-bond acceptors (Lipinski definition) is 2. The van der Waals surface area contributed by atoms with Gasteiger partial charge in [0, 0.05) is 25.6 Å². The second-order valence-electron chi connectivity index (χ2n) is 6.64. The van der Waals surface area contributed by atoms with E-state index in [1.54, 1.807) is 0 Å². The van der Waals surface area contributed by atoms with E-state index in [4.69, 9.17) is 5.73 Å². The minimum atomic E-state index is 0.277. The quantitative estimate of drug-likeness (QED) is 0.798. The van der Waals surface area contributed by atoms with Crippen LogP contribution in [-0.4, -0.2) is 29.9 Å². The maximum absolute atomic E-state index is 12.3. The van der Waals surface area contributed by atoms with E-state index in [0.717, 1.165) is 32.4 Å². The smallest absolute Gasteiger partial charge is 0.222 e. The number of nitrogens with two attached hydrogens (primary N) is 1. The van der Waals surface area contributed by atoms with Crippen LogP contribution in [0.4, 0.5) is 0 Å². The van der Waals surface area contributed by atoms with Crippen LogP contribution in [-0.2, 0) is 4.79 Å². The average molecular weight is 266 g/mol. The largest absolute Gasteiger partial charge is 0.343 e. The van der Waals surface area contributed by atoms with Gasteiger partial charge in [0.05, 0.1) is 0 Å². The second kappa shape index (κ2) is 7.28. The summed E-state index contributed by atoms with van der Waals surface area (Å²) >= 11 is 0. The van der Waals surface area contributed by atoms with Gasteiger partial charge in [0.2, 0.25) is 5.91 Å². The van der Waals surface area contributed by atoms with E-state index in [1.165, 1.54) is 38.5 Å². The van der Waals surface area contributed by atoms with Crippen LogP contribution in [0.15, 0.2) is 0 Å². The third kappa shape index (κ3) is 4.48. The fourth-order valence-electron chi connectivity index (χ4n) is 3.62. The summed E-state index contributed by atoms with van der Waals surface area (Å²) in [6, 6.07) is 0.277. The molecular formula is C16H30N2O. The van der Waals surface area contributed by atoms with Crippen molar-refractivity contribution in [1.82, 2.24) is 4.90 Å². The fourth-order valence-corrected chi connectivity index (χ4v) is 3.62. The summed E-state index contributed by atoms with van der Waals surface area (Å²) in [6.45, 7) is 3.95. The lowest BCUT2D eigenvalue weighted by atomic mass is 9.90. The lowest BCUT2D eigenvalue weighted by Crippen LogP contribution is -2.43. The van der Waals surface area contributed by atoms with Crippen molar-refractivity contribution in [3.63, 3.8) is 0 Å². The van der Waals surface area contributed by atoms with Crippen LogP contribution in [0.5, 0.6) is 0 Å². The van der Waals surface area contributed by atoms with Gasteiger partial charge in [0.1, 0.15) is 0 Å². The average Bonchev–Trinajstić information content (AvgIpc) is 2.67. The van der Waals surface area contributed by atoms with Crippen LogP contribution in [0.2, 0.25) is 0 Å². The van der Waals surface area contributed by atoms with Crippen LogP contribution < -0.4 is 5.73 Å². The summed E-state index contributed by atoms with van der Waals surface area (Å²) in [4.78, 5) is 14.4. The zero-order chi connectivity index (χ0) is 13.7. The molecule has 19 heavy (non-hydrogen) atoms. The number of nitrogens with zero attached hydrogens (tertiary/aromatic N) is 1. The van der Waals surface area contributed by atoms with Crippen molar-refractivity contribution < 1.29 is 4.79 Å². The summed E-state index contributed by atoms with van der Waals surface area (Å²) in [6.07, 6.45) is 10.9. The van der Waals surface area contributed by atoms with Crippen molar-refractivity contribution in [2.75, 3.05) is 13.1 Å². The highest BCUT2D eigenvalue weighted by Gasteiger charge is 2.26. The molecule has 0 spiro atoms. The van der Waals surface area contributed by atoms with Gasteiger partial charge in [0.15, 0.2) is 0 Å². The minimum absolute atomic E-state index is 0.277. The maximum atomic E-state index is 12.3. The molecule has 1 saturated carbocycles. The number of rotatable bonds is 3. The molecule has 0 radical (unpaired) electrons. The van der Waals surface area contributed by atoms with E-state index < -0.39 is 0 Å². The molecular weight excluding hydrogens is 236 g/mol. The molecule has 2 N–H and O–H groups in total. The molecule has 0 bridgehead atoms. The Kier molecular flexibility index (Phi) is 5.68. The van der Waals surface area contributed by atoms with Gasteiger partial charge in [-0.2, -0.15) is 0 Å². The first-order valence-corrected chi connectivity index (χ1v) is 8.20. The van der Waals surface area contributed by atoms with Crippen LogP contribution >= 0.6 is 0 Å². The van der Waals surface area contributed by atoms with E-state index in [0.29, 0.717) is 17.7 Å². The lowest BCUT2D eigenvalue weighted by molar-refractivity contribution is -0.133. The molecule has 3 heteroatoms. The minimum Gasteiger partial charge on any atom is -0.343 e. The van der Waals surface area contributed by atoms with Crippen LogP contribution in [0.25, 0.3) is 0 Å². The van der Waals surface area contributed by atoms with Crippen LogP contribution in [0.1, 0.15) is 64.7 Å². The normalized spacial score (nSPS) is 25.1. The van der Waals surface area contributed by atoms with Crippen molar-refractivity contribution in [3.05, 3.63) is 0 Å². The predicted octanol–water partition coefficient (Wildman–Crippen LogP) is 2.93. The van der Waals surface area contributed by atoms with Crippen molar-refractivity contribution in [2.45, 2.75) is 70.8 Å². The molecule has 3 nitrogen and oxygen atoms in total. The highest BCUT2D eigenvalue weighted by Crippen LogP contribution is 2.27. The van der Waals surface area contributed by atoms with Gasteiger partial charge in [-0.1, -0.05) is 25.7 Å². The number of likely N-dealkylation sites (tertiary alicyclic amines) is 1. The summed E-state index contributed by atoms with van der Waals surface area (Å²) in [5, 5.41) is 0. The molecule has 1 aliphatic carbocycles. The van der Waals surface area contributed by atoms with Crippen LogP contribution in [0, 0.1) is 11.8 Å². The predicted molar refractivity (Wildman–Crippen MR) is 78.8 cm³/mol. The Bertz CT molecular complexity index is 274. The molecule has 1 saturated heterocycles. The van der Waals surface area contributed by atoms with Gasteiger partial charge in [-0.05, 0) is 44.4 Å². The van der Waals surface area contributed by atoms with Gasteiger partial charge >= 0.3 is 0 Å². The van der Waals surface area contributed by atoms with Crippen molar-refractivity contribution in [3.8, 4) is 0 Å². The number of amides is 1. The van der Waals surface area contributed by atoms with Crippen molar-refractivity contribution in [1.29, 1.82) is 0 Å².